The van der Waals surface area contributed by atoms with E-state index in [1.165, 1.54) is 6.07 Å². The molecule has 1 heterocycles. The number of nitrogens with zero attached hydrogens (tertiary/aromatic N) is 2. The molecule has 0 saturated carbocycles. The molecule has 0 radical (unpaired) electrons. The van der Waals surface area contributed by atoms with Crippen LogP contribution in [0.2, 0.25) is 0 Å². The molecule has 0 bridgehead atoms. The lowest BCUT2D eigenvalue weighted by Crippen LogP contribution is -2.13. The molecular weight excluding hydrogens is 212 g/mol. The molecule has 16 heavy (non-hydrogen) atoms. The van der Waals surface area contributed by atoms with E-state index in [0.717, 1.165) is 0 Å². The molecule has 6 nitrogen and oxygen atoms in total. The molecule has 1 aromatic rings. The second-order valence-electron chi connectivity index (χ2n) is 3.63. The van der Waals surface area contributed by atoms with Gasteiger partial charge < -0.3 is 20.0 Å². The van der Waals surface area contributed by atoms with Crippen LogP contribution in [0.15, 0.2) is 12.1 Å². The quantitative estimate of drug-likeness (QED) is 0.604. The minimum atomic E-state index is -0.577. The van der Waals surface area contributed by atoms with Gasteiger partial charge in [0.1, 0.15) is 5.69 Å². The van der Waals surface area contributed by atoms with Gasteiger partial charge in [0.05, 0.1) is 6.61 Å². The highest BCUT2D eigenvalue weighted by atomic mass is 16.6. The Morgan fingerprint density at radius 2 is 2.31 bits per heavy atom. The summed E-state index contributed by atoms with van der Waals surface area (Å²) in [6.07, 6.45) is 0. The Balaban J connectivity index is 2.82. The summed E-state index contributed by atoms with van der Waals surface area (Å²) in [6, 6.07) is 3.16. The fraction of sp³-hybridized carbons (Fsp3) is 0.500. The van der Waals surface area contributed by atoms with Gasteiger partial charge >= 0.3 is 5.82 Å². The van der Waals surface area contributed by atoms with Crippen molar-refractivity contribution in [3.05, 3.63) is 27.9 Å². The molecule has 1 atom stereocenters. The van der Waals surface area contributed by atoms with E-state index in [-0.39, 0.29) is 30.7 Å². The van der Waals surface area contributed by atoms with E-state index in [1.54, 1.807) is 19.9 Å². The first-order valence-corrected chi connectivity index (χ1v) is 4.90. The average molecular weight is 226 g/mol. The van der Waals surface area contributed by atoms with Gasteiger partial charge in [0.2, 0.25) is 5.75 Å². The van der Waals surface area contributed by atoms with Crippen molar-refractivity contribution in [3.8, 4) is 5.75 Å². The fourth-order valence-electron chi connectivity index (χ4n) is 1.06. The standard InChI is InChI=1S/C10H14N2O4/c1-7(5-13)6-16-9-4-3-8(2)11-10(9)12(14)15/h3-4,7,13H,5-6H2,1-2H3. The van der Waals surface area contributed by atoms with E-state index in [4.69, 9.17) is 9.84 Å². The Labute approximate surface area is 93.0 Å². The zero-order valence-electron chi connectivity index (χ0n) is 9.21. The number of rotatable bonds is 5. The van der Waals surface area contributed by atoms with Crippen molar-refractivity contribution < 1.29 is 14.8 Å². The summed E-state index contributed by atoms with van der Waals surface area (Å²) < 4.78 is 5.24. The summed E-state index contributed by atoms with van der Waals surface area (Å²) in [5.41, 5.74) is 0.564. The van der Waals surface area contributed by atoms with E-state index < -0.39 is 4.92 Å². The number of nitro groups is 1. The Morgan fingerprint density at radius 1 is 1.62 bits per heavy atom. The van der Waals surface area contributed by atoms with Gasteiger partial charge in [-0.25, -0.2) is 0 Å². The molecular formula is C10H14N2O4. The van der Waals surface area contributed by atoms with Gasteiger partial charge in [0.25, 0.3) is 0 Å². The highest BCUT2D eigenvalue weighted by Crippen LogP contribution is 2.24. The van der Waals surface area contributed by atoms with Crippen molar-refractivity contribution in [3.63, 3.8) is 0 Å². The second kappa shape index (κ2) is 5.41. The summed E-state index contributed by atoms with van der Waals surface area (Å²) in [4.78, 5) is 13.9. The number of ether oxygens (including phenoxy) is 1. The maximum Gasteiger partial charge on any atom is 0.406 e. The summed E-state index contributed by atoms with van der Waals surface area (Å²) in [7, 11) is 0. The van der Waals surface area contributed by atoms with Crippen LogP contribution in [-0.2, 0) is 0 Å². The van der Waals surface area contributed by atoms with Crippen LogP contribution in [0.1, 0.15) is 12.6 Å². The fourth-order valence-corrected chi connectivity index (χ4v) is 1.06. The Morgan fingerprint density at radius 3 is 2.88 bits per heavy atom. The number of aliphatic hydroxyl groups is 1. The molecule has 1 rings (SSSR count). The van der Waals surface area contributed by atoms with Crippen molar-refractivity contribution in [2.45, 2.75) is 13.8 Å². The van der Waals surface area contributed by atoms with Gasteiger partial charge in [-0.3, -0.25) is 0 Å². The first-order valence-electron chi connectivity index (χ1n) is 4.90. The monoisotopic (exact) mass is 226 g/mol. The number of pyridine rings is 1. The lowest BCUT2D eigenvalue weighted by atomic mass is 10.2. The van der Waals surface area contributed by atoms with Crippen LogP contribution in [-0.4, -0.2) is 28.2 Å². The molecule has 0 fully saturated rings. The van der Waals surface area contributed by atoms with Crippen molar-refractivity contribution >= 4 is 5.82 Å². The SMILES string of the molecule is Cc1ccc(OCC(C)CO)c([N+](=O)[O-])n1. The third kappa shape index (κ3) is 3.16. The lowest BCUT2D eigenvalue weighted by molar-refractivity contribution is -0.390. The summed E-state index contributed by atoms with van der Waals surface area (Å²) >= 11 is 0. The third-order valence-corrected chi connectivity index (χ3v) is 1.99. The van der Waals surface area contributed by atoms with Gasteiger partial charge in [-0.2, -0.15) is 0 Å². The zero-order valence-corrected chi connectivity index (χ0v) is 9.21. The number of hydrogen-bond donors (Lipinski definition) is 1. The first-order chi connectivity index (χ1) is 7.54. The molecule has 1 aromatic heterocycles. The van der Waals surface area contributed by atoms with Crippen LogP contribution < -0.4 is 4.74 Å². The molecule has 0 aliphatic heterocycles. The van der Waals surface area contributed by atoms with E-state index in [0.29, 0.717) is 5.69 Å². The summed E-state index contributed by atoms with van der Waals surface area (Å²) in [5.74, 6) is -0.220. The van der Waals surface area contributed by atoms with E-state index in [1.807, 2.05) is 0 Å². The zero-order chi connectivity index (χ0) is 12.1. The van der Waals surface area contributed by atoms with Gasteiger partial charge in [0, 0.05) is 19.4 Å². The average Bonchev–Trinajstić information content (AvgIpc) is 2.26. The van der Waals surface area contributed by atoms with Crippen LogP contribution in [0.25, 0.3) is 0 Å². The van der Waals surface area contributed by atoms with Gasteiger partial charge in [-0.1, -0.05) is 6.92 Å². The van der Waals surface area contributed by atoms with Gasteiger partial charge in [0.15, 0.2) is 0 Å². The minimum absolute atomic E-state index is 0.0207. The smallest absolute Gasteiger partial charge is 0.406 e. The Kier molecular flexibility index (Phi) is 4.19. The number of hydrogen-bond acceptors (Lipinski definition) is 5. The summed E-state index contributed by atoms with van der Waals surface area (Å²) in [6.45, 7) is 3.66. The molecule has 0 aliphatic carbocycles. The molecule has 0 aromatic carbocycles. The lowest BCUT2D eigenvalue weighted by Gasteiger charge is -2.10. The highest BCUT2D eigenvalue weighted by Gasteiger charge is 2.18. The van der Waals surface area contributed by atoms with E-state index in [2.05, 4.69) is 4.98 Å². The van der Waals surface area contributed by atoms with Crippen LogP contribution in [0.5, 0.6) is 5.75 Å². The number of aryl methyl sites for hydroxylation is 1. The molecule has 6 heteroatoms. The van der Waals surface area contributed by atoms with Gasteiger partial charge in [-0.05, 0) is 22.0 Å². The Hall–Kier alpha value is -1.69. The summed E-state index contributed by atoms with van der Waals surface area (Å²) in [5, 5.41) is 19.5. The highest BCUT2D eigenvalue weighted by molar-refractivity contribution is 5.40. The third-order valence-electron chi connectivity index (χ3n) is 1.99. The maximum atomic E-state index is 10.7. The first kappa shape index (κ1) is 12.4. The molecule has 1 unspecified atom stereocenters. The second-order valence-corrected chi connectivity index (χ2v) is 3.63. The van der Waals surface area contributed by atoms with Crippen LogP contribution in [0, 0.1) is 23.0 Å². The van der Waals surface area contributed by atoms with E-state index >= 15 is 0 Å². The largest absolute Gasteiger partial charge is 0.485 e. The minimum Gasteiger partial charge on any atom is -0.485 e. The predicted molar refractivity (Wildman–Crippen MR) is 57.4 cm³/mol. The predicted octanol–water partition coefficient (Wildman–Crippen LogP) is 1.31. The molecule has 88 valence electrons. The van der Waals surface area contributed by atoms with Crippen LogP contribution in [0.4, 0.5) is 5.82 Å². The molecule has 0 saturated heterocycles. The van der Waals surface area contributed by atoms with Crippen LogP contribution in [0.3, 0.4) is 0 Å². The maximum absolute atomic E-state index is 10.7. The Bertz CT molecular complexity index is 381. The van der Waals surface area contributed by atoms with Crippen molar-refractivity contribution in [1.29, 1.82) is 0 Å². The molecule has 0 aliphatic rings. The van der Waals surface area contributed by atoms with Crippen molar-refractivity contribution in [2.75, 3.05) is 13.2 Å². The molecule has 1 N–H and O–H groups in total. The number of aliphatic hydroxyl groups excluding tert-OH is 1. The topological polar surface area (TPSA) is 85.5 Å². The number of aromatic nitrogens is 1. The van der Waals surface area contributed by atoms with E-state index in [9.17, 15) is 10.1 Å². The molecule has 0 spiro atoms. The van der Waals surface area contributed by atoms with Crippen molar-refractivity contribution in [1.82, 2.24) is 4.98 Å². The normalized spacial score (nSPS) is 12.2. The van der Waals surface area contributed by atoms with Gasteiger partial charge in [-0.15, -0.1) is 0 Å². The molecule has 0 amide bonds. The van der Waals surface area contributed by atoms with Crippen molar-refractivity contribution in [2.24, 2.45) is 5.92 Å². The van der Waals surface area contributed by atoms with Crippen LogP contribution >= 0.6 is 0 Å².